The summed E-state index contributed by atoms with van der Waals surface area (Å²) in [5.41, 5.74) is -1.50. The normalized spacial score (nSPS) is 13.3. The van der Waals surface area contributed by atoms with Gasteiger partial charge in [0.15, 0.2) is 0 Å². The SMILES string of the molecule is O=NCC(N=O)C(N=O)C(CNC(COCCC(=O)N=O)(COCCC(=O)N=O)COCCC(=O)N=O)N=O. The van der Waals surface area contributed by atoms with E-state index in [0.717, 1.165) is 0 Å². The van der Waals surface area contributed by atoms with Crippen LogP contribution in [-0.4, -0.2) is 94.1 Å². The lowest BCUT2D eigenvalue weighted by atomic mass is 9.98. The van der Waals surface area contributed by atoms with E-state index in [1.807, 2.05) is 0 Å². The molecule has 0 radical (unpaired) electrons. The van der Waals surface area contributed by atoms with Gasteiger partial charge in [-0.2, -0.15) is 19.6 Å². The van der Waals surface area contributed by atoms with E-state index in [1.165, 1.54) is 0 Å². The van der Waals surface area contributed by atoms with Gasteiger partial charge in [-0.3, -0.25) is 14.4 Å². The Morgan fingerprint density at radius 1 is 0.615 bits per heavy atom. The highest BCUT2D eigenvalue weighted by molar-refractivity contribution is 5.77. The molecule has 1 N–H and O–H groups in total. The van der Waals surface area contributed by atoms with Crippen LogP contribution < -0.4 is 5.32 Å². The Kier molecular flexibility index (Phi) is 18.9. The largest absolute Gasteiger partial charge is 0.379 e. The van der Waals surface area contributed by atoms with Gasteiger partial charge in [0.2, 0.25) is 0 Å². The summed E-state index contributed by atoms with van der Waals surface area (Å²) in [5.74, 6) is -3.04. The predicted molar refractivity (Wildman–Crippen MR) is 129 cm³/mol. The number of nitrogens with one attached hydrogen (secondary N) is 1. The van der Waals surface area contributed by atoms with Crippen molar-refractivity contribution in [3.05, 3.63) is 34.3 Å². The third-order valence-corrected chi connectivity index (χ3v) is 4.95. The first-order valence-corrected chi connectivity index (χ1v) is 11.1. The summed E-state index contributed by atoms with van der Waals surface area (Å²) in [7, 11) is 0. The minimum absolute atomic E-state index is 0.314. The fourth-order valence-corrected chi connectivity index (χ4v) is 2.91. The molecule has 39 heavy (non-hydrogen) atoms. The molecule has 0 aliphatic rings. The Morgan fingerprint density at radius 2 is 1.03 bits per heavy atom. The zero-order valence-corrected chi connectivity index (χ0v) is 20.4. The zero-order chi connectivity index (χ0) is 29.5. The van der Waals surface area contributed by atoms with Crippen molar-refractivity contribution in [2.24, 2.45) is 36.2 Å². The van der Waals surface area contributed by atoms with E-state index in [4.69, 9.17) is 14.2 Å². The van der Waals surface area contributed by atoms with Crippen molar-refractivity contribution < 1.29 is 28.6 Å². The van der Waals surface area contributed by atoms with Gasteiger partial charge in [0.1, 0.15) is 24.7 Å². The third kappa shape index (κ3) is 14.5. The molecule has 0 saturated heterocycles. The van der Waals surface area contributed by atoms with Crippen LogP contribution in [0.1, 0.15) is 19.3 Å². The zero-order valence-electron chi connectivity index (χ0n) is 20.4. The fourth-order valence-electron chi connectivity index (χ4n) is 2.91. The number of nitroso groups, excluding NO2 is 7. The number of carbonyl (C=O) groups is 3. The van der Waals surface area contributed by atoms with Gasteiger partial charge in [-0.05, 0) is 0 Å². The molecule has 3 amide bonds. The van der Waals surface area contributed by atoms with Crippen LogP contribution in [0, 0.1) is 34.3 Å². The first-order valence-electron chi connectivity index (χ1n) is 11.1. The summed E-state index contributed by atoms with van der Waals surface area (Å²) < 4.78 is 16.2. The molecule has 0 saturated carbocycles. The minimum atomic E-state index is -1.70. The van der Waals surface area contributed by atoms with Crippen LogP contribution in [0.4, 0.5) is 0 Å². The Bertz CT molecular complexity index is 805. The highest BCUT2D eigenvalue weighted by Crippen LogP contribution is 2.16. The van der Waals surface area contributed by atoms with Crippen LogP contribution >= 0.6 is 0 Å². The Morgan fingerprint density at radius 3 is 1.33 bits per heavy atom. The number of nitrogens with zero attached hydrogens (tertiary/aromatic N) is 7. The van der Waals surface area contributed by atoms with Crippen molar-refractivity contribution in [3.8, 4) is 0 Å². The Hall–Kier alpha value is -3.95. The van der Waals surface area contributed by atoms with Crippen molar-refractivity contribution in [1.29, 1.82) is 0 Å². The maximum atomic E-state index is 11.5. The van der Waals surface area contributed by atoms with Crippen molar-refractivity contribution in [1.82, 2.24) is 5.32 Å². The molecule has 3 unspecified atom stereocenters. The average Bonchev–Trinajstić information content (AvgIpc) is 2.96. The van der Waals surface area contributed by atoms with E-state index in [0.29, 0.717) is 0 Å². The van der Waals surface area contributed by atoms with E-state index < -0.39 is 93.6 Å². The molecule has 0 rings (SSSR count). The molecule has 3 atom stereocenters. The van der Waals surface area contributed by atoms with Crippen LogP contribution in [0.5, 0.6) is 0 Å². The summed E-state index contributed by atoms with van der Waals surface area (Å²) in [6.45, 7) is -3.40. The maximum absolute atomic E-state index is 11.5. The standard InChI is InChI=1S/C18H26N8O13/c27-14(23-33)1-4-37-9-18(10-38-5-2-15(28)24-34,11-39-6-3-16(29)25-35)19-7-12(21-31)17(26-36)13(22-32)8-20-30/h12-13,17,19H,1-11H2. The number of rotatable bonds is 25. The summed E-state index contributed by atoms with van der Waals surface area (Å²) >= 11 is 0. The average molecular weight is 562 g/mol. The molecule has 0 spiro atoms. The predicted octanol–water partition coefficient (Wildman–Crippen LogP) is 0.585. The van der Waals surface area contributed by atoms with E-state index in [2.05, 4.69) is 41.6 Å². The topological polar surface area (TPSA) is 297 Å². The molecular formula is C18H26N8O13. The molecule has 0 aromatic heterocycles. The monoisotopic (exact) mass is 562 g/mol. The van der Waals surface area contributed by atoms with Gasteiger partial charge in [-0.15, -0.1) is 14.7 Å². The number of carbonyl (C=O) groups excluding carboxylic acids is 3. The molecule has 0 aliphatic heterocycles. The molecule has 21 nitrogen and oxygen atoms in total. The third-order valence-electron chi connectivity index (χ3n) is 4.95. The van der Waals surface area contributed by atoms with Gasteiger partial charge < -0.3 is 19.5 Å². The van der Waals surface area contributed by atoms with Gasteiger partial charge in [-0.25, -0.2) is 0 Å². The van der Waals surface area contributed by atoms with Gasteiger partial charge in [0.25, 0.3) is 17.7 Å². The molecule has 0 bridgehead atoms. The second-order valence-corrected chi connectivity index (χ2v) is 7.78. The van der Waals surface area contributed by atoms with E-state index in [9.17, 15) is 48.7 Å². The number of hydrogen-bond acceptors (Lipinski definition) is 18. The van der Waals surface area contributed by atoms with Crippen LogP contribution in [0.15, 0.2) is 36.2 Å². The number of amides is 3. The van der Waals surface area contributed by atoms with E-state index in [1.54, 1.807) is 0 Å². The van der Waals surface area contributed by atoms with Crippen molar-refractivity contribution in [3.63, 3.8) is 0 Å². The van der Waals surface area contributed by atoms with Gasteiger partial charge in [0, 0.05) is 22.1 Å². The summed E-state index contributed by atoms with van der Waals surface area (Å²) in [5, 5.41) is 19.9. The molecular weight excluding hydrogens is 536 g/mol. The van der Waals surface area contributed by atoms with Crippen LogP contribution in [0.3, 0.4) is 0 Å². The smallest absolute Gasteiger partial charge is 0.288 e. The molecule has 0 fully saturated rings. The van der Waals surface area contributed by atoms with E-state index in [-0.39, 0.29) is 19.8 Å². The van der Waals surface area contributed by atoms with Crippen LogP contribution in [0.2, 0.25) is 0 Å². The highest BCUT2D eigenvalue weighted by Gasteiger charge is 2.38. The first kappa shape index (κ1) is 35.0. The Balaban J connectivity index is 5.84. The second kappa shape index (κ2) is 21.0. The van der Waals surface area contributed by atoms with Crippen molar-refractivity contribution in [2.75, 3.05) is 52.7 Å². The maximum Gasteiger partial charge on any atom is 0.288 e. The highest BCUT2D eigenvalue weighted by atomic mass is 16.5. The molecule has 0 aromatic carbocycles. The minimum Gasteiger partial charge on any atom is -0.379 e. The number of ether oxygens (including phenoxy) is 3. The second-order valence-electron chi connectivity index (χ2n) is 7.78. The van der Waals surface area contributed by atoms with Gasteiger partial charge in [-0.1, -0.05) is 20.7 Å². The van der Waals surface area contributed by atoms with Gasteiger partial charge >= 0.3 is 0 Å². The van der Waals surface area contributed by atoms with Crippen molar-refractivity contribution >= 4 is 17.7 Å². The molecule has 0 heterocycles. The molecule has 216 valence electrons. The fraction of sp³-hybridized carbons (Fsp3) is 0.833. The van der Waals surface area contributed by atoms with Crippen LogP contribution in [0.25, 0.3) is 0 Å². The lowest BCUT2D eigenvalue weighted by Gasteiger charge is -2.35. The quantitative estimate of drug-likeness (QED) is 0.118. The van der Waals surface area contributed by atoms with Crippen LogP contribution in [-0.2, 0) is 28.6 Å². The molecule has 0 aliphatic carbocycles. The molecule has 21 heteroatoms. The van der Waals surface area contributed by atoms with E-state index >= 15 is 0 Å². The lowest BCUT2D eigenvalue weighted by molar-refractivity contribution is -0.119. The Labute approximate surface area is 218 Å². The molecule has 0 aromatic rings. The van der Waals surface area contributed by atoms with Crippen molar-refractivity contribution in [2.45, 2.75) is 42.9 Å². The summed E-state index contributed by atoms with van der Waals surface area (Å²) in [6.07, 6.45) is -1.20. The number of hydrogen-bond donors (Lipinski definition) is 1. The lowest BCUT2D eigenvalue weighted by Crippen LogP contribution is -2.59. The summed E-state index contributed by atoms with van der Waals surface area (Å²) in [4.78, 5) is 109. The first-order chi connectivity index (χ1) is 18.8. The van der Waals surface area contributed by atoms with Gasteiger partial charge in [0.05, 0.1) is 64.4 Å². The summed E-state index contributed by atoms with van der Waals surface area (Å²) in [6, 6.07) is -4.88.